The van der Waals surface area contributed by atoms with Crippen LogP contribution in [0.3, 0.4) is 0 Å². The van der Waals surface area contributed by atoms with Crippen molar-refractivity contribution < 1.29 is 0 Å². The number of fused-ring (bicyclic) bond motifs is 1. The Morgan fingerprint density at radius 1 is 1.17 bits per heavy atom. The molecule has 0 fully saturated rings. The van der Waals surface area contributed by atoms with E-state index in [2.05, 4.69) is 37.3 Å². The molecule has 0 amide bonds. The number of aryl methyl sites for hydroxylation is 1. The van der Waals surface area contributed by atoms with Gasteiger partial charge in [-0.2, -0.15) is 0 Å². The van der Waals surface area contributed by atoms with Gasteiger partial charge in [-0.1, -0.05) is 42.8 Å². The van der Waals surface area contributed by atoms with Gasteiger partial charge in [-0.05, 0) is 30.4 Å². The fourth-order valence-corrected chi connectivity index (χ4v) is 1.77. The van der Waals surface area contributed by atoms with Crippen molar-refractivity contribution in [1.29, 1.82) is 0 Å². The van der Waals surface area contributed by atoms with Crippen LogP contribution in [0.15, 0.2) is 29.8 Å². The van der Waals surface area contributed by atoms with Crippen molar-refractivity contribution in [3.05, 3.63) is 41.0 Å². The summed E-state index contributed by atoms with van der Waals surface area (Å²) < 4.78 is 0. The van der Waals surface area contributed by atoms with Crippen molar-refractivity contribution in [3.63, 3.8) is 0 Å². The van der Waals surface area contributed by atoms with Crippen molar-refractivity contribution in [2.45, 2.75) is 26.2 Å². The summed E-state index contributed by atoms with van der Waals surface area (Å²) in [6, 6.07) is 8.69. The Morgan fingerprint density at radius 3 is 2.83 bits per heavy atom. The molecule has 0 spiro atoms. The average molecular weight is 158 g/mol. The summed E-state index contributed by atoms with van der Waals surface area (Å²) in [5.41, 5.74) is 4.53. The number of allylic oxidation sites excluding steroid dienone is 1. The van der Waals surface area contributed by atoms with Gasteiger partial charge >= 0.3 is 0 Å². The molecule has 0 aromatic heterocycles. The van der Waals surface area contributed by atoms with E-state index < -0.39 is 0 Å². The van der Waals surface area contributed by atoms with Gasteiger partial charge in [0.05, 0.1) is 0 Å². The van der Waals surface area contributed by atoms with E-state index >= 15 is 0 Å². The molecule has 0 heteroatoms. The molecule has 0 saturated carbocycles. The number of benzene rings is 1. The minimum Gasteiger partial charge on any atom is -0.0696 e. The normalized spacial score (nSPS) is 15.2. The molecule has 1 aromatic carbocycles. The molecule has 62 valence electrons. The monoisotopic (exact) mass is 158 g/mol. The first kappa shape index (κ1) is 7.60. The molecule has 0 N–H and O–H groups in total. The maximum absolute atomic E-state index is 2.35. The van der Waals surface area contributed by atoms with E-state index in [-0.39, 0.29) is 0 Å². The molecule has 0 radical (unpaired) electrons. The van der Waals surface area contributed by atoms with Crippen LogP contribution >= 0.6 is 0 Å². The molecule has 0 unspecified atom stereocenters. The van der Waals surface area contributed by atoms with E-state index in [1.54, 1.807) is 5.57 Å². The molecule has 0 saturated heterocycles. The Labute approximate surface area is 73.9 Å². The molecule has 0 aliphatic heterocycles. The summed E-state index contributed by atoms with van der Waals surface area (Å²) in [4.78, 5) is 0. The summed E-state index contributed by atoms with van der Waals surface area (Å²) in [7, 11) is 0. The first-order chi connectivity index (χ1) is 5.90. The molecule has 0 nitrogen and oxygen atoms in total. The molecule has 0 bridgehead atoms. The summed E-state index contributed by atoms with van der Waals surface area (Å²) in [6.45, 7) is 2.24. The van der Waals surface area contributed by atoms with Gasteiger partial charge in [0.15, 0.2) is 0 Å². The lowest BCUT2D eigenvalue weighted by Crippen LogP contribution is -1.97. The van der Waals surface area contributed by atoms with Gasteiger partial charge in [0, 0.05) is 0 Å². The van der Waals surface area contributed by atoms with Gasteiger partial charge in [0.25, 0.3) is 0 Å². The zero-order chi connectivity index (χ0) is 8.39. The summed E-state index contributed by atoms with van der Waals surface area (Å²) in [6.07, 6.45) is 6.04. The van der Waals surface area contributed by atoms with Crippen molar-refractivity contribution in [1.82, 2.24) is 0 Å². The summed E-state index contributed by atoms with van der Waals surface area (Å²) in [5.74, 6) is 0. The minimum absolute atomic E-state index is 1.20. The highest BCUT2D eigenvalue weighted by molar-refractivity contribution is 5.59. The largest absolute Gasteiger partial charge is 0.0696 e. The zero-order valence-corrected chi connectivity index (χ0v) is 7.51. The van der Waals surface area contributed by atoms with Gasteiger partial charge < -0.3 is 0 Å². The van der Waals surface area contributed by atoms with Crippen molar-refractivity contribution in [3.8, 4) is 0 Å². The highest BCUT2D eigenvalue weighted by Crippen LogP contribution is 2.24. The van der Waals surface area contributed by atoms with Crippen LogP contribution in [-0.4, -0.2) is 0 Å². The molecule has 1 aliphatic carbocycles. The third-order valence-electron chi connectivity index (χ3n) is 2.58. The van der Waals surface area contributed by atoms with Crippen LogP contribution in [0, 0.1) is 0 Å². The number of hydrogen-bond acceptors (Lipinski definition) is 0. The van der Waals surface area contributed by atoms with E-state index in [1.807, 2.05) is 0 Å². The van der Waals surface area contributed by atoms with Gasteiger partial charge in [-0.3, -0.25) is 0 Å². The van der Waals surface area contributed by atoms with Crippen molar-refractivity contribution in [2.75, 3.05) is 0 Å². The second kappa shape index (κ2) is 3.14. The van der Waals surface area contributed by atoms with Crippen LogP contribution < -0.4 is 0 Å². The average Bonchev–Trinajstić information content (AvgIpc) is 2.17. The first-order valence-corrected chi connectivity index (χ1v) is 4.67. The Balaban J connectivity index is 2.41. The van der Waals surface area contributed by atoms with Crippen LogP contribution in [0.2, 0.25) is 0 Å². The topological polar surface area (TPSA) is 0 Å². The summed E-state index contributed by atoms with van der Waals surface area (Å²) in [5, 5.41) is 0. The Morgan fingerprint density at radius 2 is 2.00 bits per heavy atom. The maximum atomic E-state index is 2.35. The molecular weight excluding hydrogens is 144 g/mol. The lowest BCUT2D eigenvalue weighted by Gasteiger charge is -2.14. The van der Waals surface area contributed by atoms with E-state index in [4.69, 9.17) is 0 Å². The zero-order valence-electron chi connectivity index (χ0n) is 7.51. The van der Waals surface area contributed by atoms with E-state index in [0.717, 1.165) is 0 Å². The lowest BCUT2D eigenvalue weighted by molar-refractivity contribution is 0.876. The van der Waals surface area contributed by atoms with Crippen molar-refractivity contribution >= 4 is 6.08 Å². The molecule has 0 atom stereocenters. The van der Waals surface area contributed by atoms with Gasteiger partial charge in [0.1, 0.15) is 0 Å². The van der Waals surface area contributed by atoms with Crippen LogP contribution in [0.25, 0.3) is 6.08 Å². The third kappa shape index (κ3) is 1.29. The predicted octanol–water partition coefficient (Wildman–Crippen LogP) is 3.43. The molecule has 1 aliphatic rings. The van der Waals surface area contributed by atoms with E-state index in [9.17, 15) is 0 Å². The van der Waals surface area contributed by atoms with Gasteiger partial charge in [0.2, 0.25) is 0 Å². The predicted molar refractivity (Wildman–Crippen MR) is 53.0 cm³/mol. The fraction of sp³-hybridized carbons (Fsp3) is 0.333. The van der Waals surface area contributed by atoms with E-state index in [1.165, 1.54) is 30.4 Å². The van der Waals surface area contributed by atoms with Gasteiger partial charge in [-0.15, -0.1) is 0 Å². The van der Waals surface area contributed by atoms with Crippen LogP contribution in [-0.2, 0) is 6.42 Å². The smallest absolute Gasteiger partial charge is 0.0225 e. The highest BCUT2D eigenvalue weighted by atomic mass is 14.1. The van der Waals surface area contributed by atoms with Crippen molar-refractivity contribution in [2.24, 2.45) is 0 Å². The van der Waals surface area contributed by atoms with E-state index in [0.29, 0.717) is 0 Å². The maximum Gasteiger partial charge on any atom is -0.0225 e. The molecule has 1 aromatic rings. The van der Waals surface area contributed by atoms with Crippen LogP contribution in [0.1, 0.15) is 30.9 Å². The number of hydrogen-bond donors (Lipinski definition) is 0. The fourth-order valence-electron chi connectivity index (χ4n) is 1.77. The Hall–Kier alpha value is -1.04. The van der Waals surface area contributed by atoms with Gasteiger partial charge in [-0.25, -0.2) is 0 Å². The Bertz CT molecular complexity index is 308. The highest BCUT2D eigenvalue weighted by Gasteiger charge is 2.07. The second-order valence-electron chi connectivity index (χ2n) is 3.35. The molecular formula is C12H14. The summed E-state index contributed by atoms with van der Waals surface area (Å²) >= 11 is 0. The number of rotatable bonds is 1. The molecule has 2 rings (SSSR count). The molecule has 0 heterocycles. The minimum atomic E-state index is 1.20. The second-order valence-corrected chi connectivity index (χ2v) is 3.35. The standard InChI is InChI=1S/C12H14/c1-2-10-7-8-11-5-3-4-6-12(11)9-10/h3-6,9H,2,7-8H2,1H3. The first-order valence-electron chi connectivity index (χ1n) is 4.67. The van der Waals surface area contributed by atoms with Crippen LogP contribution in [0.4, 0.5) is 0 Å². The lowest BCUT2D eigenvalue weighted by atomic mass is 9.91. The third-order valence-corrected chi connectivity index (χ3v) is 2.58. The quantitative estimate of drug-likeness (QED) is 0.587. The molecule has 12 heavy (non-hydrogen) atoms. The van der Waals surface area contributed by atoms with Crippen LogP contribution in [0.5, 0.6) is 0 Å². The SMILES string of the molecule is CCC1=Cc2ccccc2CC1. The Kier molecular flexibility index (Phi) is 1.99.